The molecule has 0 spiro atoms. The molecule has 2 aromatic heterocycles. The van der Waals surface area contributed by atoms with Crippen LogP contribution in [0.1, 0.15) is 46.8 Å². The molecule has 1 amide bonds. The van der Waals surface area contributed by atoms with Gasteiger partial charge in [0, 0.05) is 10.6 Å². The summed E-state index contributed by atoms with van der Waals surface area (Å²) in [4.78, 5) is 28.2. The number of thiophene rings is 1. The monoisotopic (exact) mass is 393 g/mol. The third-order valence-corrected chi connectivity index (χ3v) is 5.77. The average molecular weight is 393 g/mol. The van der Waals surface area contributed by atoms with Crippen LogP contribution in [0.3, 0.4) is 0 Å². The number of rotatable bonds is 5. The Morgan fingerprint density at radius 2 is 1.89 bits per heavy atom. The van der Waals surface area contributed by atoms with Crippen LogP contribution in [0.15, 0.2) is 75.9 Å². The number of amides is 1. The van der Waals surface area contributed by atoms with Gasteiger partial charge in [-0.05, 0) is 47.2 Å². The first-order valence-electron chi connectivity index (χ1n) is 8.97. The number of Topliss-reactive ketones (excluding diaryl/α,β-unsaturated/α-hetero) is 1. The van der Waals surface area contributed by atoms with Crippen LogP contribution in [0, 0.1) is 0 Å². The summed E-state index contributed by atoms with van der Waals surface area (Å²) in [6.07, 6.45) is 1.39. The Morgan fingerprint density at radius 3 is 2.46 bits per heavy atom. The molecule has 0 fully saturated rings. The van der Waals surface area contributed by atoms with Crippen molar-refractivity contribution < 1.29 is 19.1 Å². The van der Waals surface area contributed by atoms with Crippen LogP contribution in [0.5, 0.6) is 0 Å². The van der Waals surface area contributed by atoms with E-state index in [1.165, 1.54) is 28.6 Å². The SMILES string of the molecule is CC(C)c1ccc(N2C(=O)C(O)=C(C(=O)c3ccco3)C2c2cccs2)cc1. The van der Waals surface area contributed by atoms with Crippen molar-refractivity contribution in [2.75, 3.05) is 4.90 Å². The molecule has 5 nitrogen and oxygen atoms in total. The minimum atomic E-state index is -0.699. The van der Waals surface area contributed by atoms with Crippen LogP contribution in [-0.4, -0.2) is 16.8 Å². The van der Waals surface area contributed by atoms with Gasteiger partial charge in [-0.3, -0.25) is 14.5 Å². The van der Waals surface area contributed by atoms with Gasteiger partial charge in [-0.2, -0.15) is 0 Å². The van der Waals surface area contributed by atoms with E-state index in [1.807, 2.05) is 41.8 Å². The van der Waals surface area contributed by atoms with Crippen LogP contribution >= 0.6 is 11.3 Å². The quantitative estimate of drug-likeness (QED) is 0.601. The van der Waals surface area contributed by atoms with Crippen LogP contribution in [0.2, 0.25) is 0 Å². The van der Waals surface area contributed by atoms with Crippen molar-refractivity contribution in [2.45, 2.75) is 25.8 Å². The molecule has 1 unspecified atom stereocenters. The fourth-order valence-electron chi connectivity index (χ4n) is 3.38. The van der Waals surface area contributed by atoms with Gasteiger partial charge in [0.2, 0.25) is 5.78 Å². The van der Waals surface area contributed by atoms with Gasteiger partial charge in [0.1, 0.15) is 6.04 Å². The zero-order valence-electron chi connectivity index (χ0n) is 15.5. The number of carbonyl (C=O) groups excluding carboxylic acids is 2. The molecule has 1 aromatic carbocycles. The van der Waals surface area contributed by atoms with Crippen molar-refractivity contribution >= 4 is 28.7 Å². The van der Waals surface area contributed by atoms with E-state index in [9.17, 15) is 14.7 Å². The molecule has 3 heterocycles. The number of anilines is 1. The highest BCUT2D eigenvalue weighted by Gasteiger charge is 2.45. The first-order chi connectivity index (χ1) is 13.5. The summed E-state index contributed by atoms with van der Waals surface area (Å²) in [5.41, 5.74) is 1.81. The minimum absolute atomic E-state index is 0.0373. The zero-order valence-corrected chi connectivity index (χ0v) is 16.3. The largest absolute Gasteiger partial charge is 0.503 e. The smallest absolute Gasteiger partial charge is 0.294 e. The van der Waals surface area contributed by atoms with Crippen LogP contribution in [0.25, 0.3) is 0 Å². The lowest BCUT2D eigenvalue weighted by molar-refractivity contribution is -0.117. The van der Waals surface area contributed by atoms with Crippen molar-refractivity contribution in [3.8, 4) is 0 Å². The molecule has 0 radical (unpaired) electrons. The number of carbonyl (C=O) groups is 2. The summed E-state index contributed by atoms with van der Waals surface area (Å²) in [5, 5.41) is 12.5. The lowest BCUT2D eigenvalue weighted by atomic mass is 9.99. The molecule has 1 atom stereocenters. The highest BCUT2D eigenvalue weighted by Crippen LogP contribution is 2.43. The summed E-state index contributed by atoms with van der Waals surface area (Å²) in [5.74, 6) is -1.17. The van der Waals surface area contributed by atoms with E-state index in [0.29, 0.717) is 11.6 Å². The Kier molecular flexibility index (Phi) is 4.65. The molecule has 0 aliphatic carbocycles. The fourth-order valence-corrected chi connectivity index (χ4v) is 4.20. The van der Waals surface area contributed by atoms with Gasteiger partial charge >= 0.3 is 0 Å². The molecule has 0 bridgehead atoms. The van der Waals surface area contributed by atoms with Gasteiger partial charge in [0.05, 0.1) is 11.8 Å². The van der Waals surface area contributed by atoms with Gasteiger partial charge in [-0.1, -0.05) is 32.0 Å². The predicted octanol–water partition coefficient (Wildman–Crippen LogP) is 5.25. The van der Waals surface area contributed by atoms with Crippen molar-refractivity contribution in [3.05, 3.63) is 87.7 Å². The van der Waals surface area contributed by atoms with Gasteiger partial charge in [-0.15, -0.1) is 11.3 Å². The average Bonchev–Trinajstić information content (AvgIpc) is 3.43. The molecule has 0 saturated carbocycles. The summed E-state index contributed by atoms with van der Waals surface area (Å²) in [6, 6.07) is 13.8. The van der Waals surface area contributed by atoms with E-state index in [1.54, 1.807) is 6.07 Å². The molecular weight excluding hydrogens is 374 g/mol. The Labute approximate surface area is 166 Å². The highest BCUT2D eigenvalue weighted by atomic mass is 32.1. The third kappa shape index (κ3) is 2.96. The second-order valence-electron chi connectivity index (χ2n) is 6.91. The van der Waals surface area contributed by atoms with E-state index in [0.717, 1.165) is 10.4 Å². The summed E-state index contributed by atoms with van der Waals surface area (Å²) < 4.78 is 5.22. The standard InChI is InChI=1S/C22H19NO4S/c1-13(2)14-7-9-15(10-8-14)23-19(17-6-4-12-28-17)18(21(25)22(23)26)20(24)16-5-3-11-27-16/h3-13,19,25H,1-2H3. The number of furan rings is 1. The number of hydrogen-bond acceptors (Lipinski definition) is 5. The van der Waals surface area contributed by atoms with Gasteiger partial charge in [-0.25, -0.2) is 0 Å². The second kappa shape index (κ2) is 7.13. The number of nitrogens with zero attached hydrogens (tertiary/aromatic N) is 1. The normalized spacial score (nSPS) is 17.0. The number of ketones is 1. The first-order valence-corrected chi connectivity index (χ1v) is 9.85. The van der Waals surface area contributed by atoms with Crippen molar-refractivity contribution in [2.24, 2.45) is 0 Å². The Bertz CT molecular complexity index is 1030. The lowest BCUT2D eigenvalue weighted by Crippen LogP contribution is -2.30. The van der Waals surface area contributed by atoms with Gasteiger partial charge in [0.15, 0.2) is 11.5 Å². The van der Waals surface area contributed by atoms with Gasteiger partial charge in [0.25, 0.3) is 5.91 Å². The Hall–Kier alpha value is -3.12. The van der Waals surface area contributed by atoms with E-state index < -0.39 is 23.5 Å². The number of hydrogen-bond donors (Lipinski definition) is 1. The van der Waals surface area contributed by atoms with Crippen LogP contribution < -0.4 is 4.90 Å². The molecule has 1 aliphatic rings. The molecule has 1 aliphatic heterocycles. The van der Waals surface area contributed by atoms with E-state index in [4.69, 9.17) is 4.42 Å². The molecule has 142 valence electrons. The Morgan fingerprint density at radius 1 is 1.14 bits per heavy atom. The molecule has 4 rings (SSSR count). The summed E-state index contributed by atoms with van der Waals surface area (Å²) in [7, 11) is 0. The Balaban J connectivity index is 1.81. The predicted molar refractivity (Wildman–Crippen MR) is 108 cm³/mol. The topological polar surface area (TPSA) is 70.8 Å². The van der Waals surface area contributed by atoms with E-state index in [-0.39, 0.29) is 11.3 Å². The fraction of sp³-hybridized carbons (Fsp3) is 0.182. The summed E-state index contributed by atoms with van der Waals surface area (Å²) in [6.45, 7) is 4.19. The minimum Gasteiger partial charge on any atom is -0.503 e. The number of aliphatic hydroxyl groups excluding tert-OH is 1. The maximum atomic E-state index is 13.0. The second-order valence-corrected chi connectivity index (χ2v) is 7.89. The van der Waals surface area contributed by atoms with Gasteiger partial charge < -0.3 is 9.52 Å². The number of aliphatic hydroxyl groups is 1. The molecular formula is C22H19NO4S. The number of benzene rings is 1. The molecule has 3 aromatic rings. The maximum absolute atomic E-state index is 13.0. The van der Waals surface area contributed by atoms with Crippen molar-refractivity contribution in [1.29, 1.82) is 0 Å². The molecule has 6 heteroatoms. The van der Waals surface area contributed by atoms with Crippen LogP contribution in [0.4, 0.5) is 5.69 Å². The van der Waals surface area contributed by atoms with Crippen LogP contribution in [-0.2, 0) is 4.79 Å². The highest BCUT2D eigenvalue weighted by molar-refractivity contribution is 7.10. The van der Waals surface area contributed by atoms with E-state index >= 15 is 0 Å². The maximum Gasteiger partial charge on any atom is 0.294 e. The lowest BCUT2D eigenvalue weighted by Gasteiger charge is -2.26. The molecule has 0 saturated heterocycles. The molecule has 1 N–H and O–H groups in total. The molecule has 28 heavy (non-hydrogen) atoms. The first kappa shape index (κ1) is 18.3. The summed E-state index contributed by atoms with van der Waals surface area (Å²) >= 11 is 1.43. The third-order valence-electron chi connectivity index (χ3n) is 4.85. The van der Waals surface area contributed by atoms with Crippen molar-refractivity contribution in [1.82, 2.24) is 0 Å². The zero-order chi connectivity index (χ0) is 19.8. The van der Waals surface area contributed by atoms with E-state index in [2.05, 4.69) is 13.8 Å². The van der Waals surface area contributed by atoms with Crippen molar-refractivity contribution in [3.63, 3.8) is 0 Å².